The zero-order chi connectivity index (χ0) is 25.2. The summed E-state index contributed by atoms with van der Waals surface area (Å²) in [5.74, 6) is -0.165. The minimum absolute atomic E-state index is 0.0239. The van der Waals surface area contributed by atoms with Crippen LogP contribution in [-0.2, 0) is 18.4 Å². The molecule has 0 amide bonds. The van der Waals surface area contributed by atoms with Crippen LogP contribution in [0.25, 0.3) is 0 Å². The fourth-order valence-corrected chi connectivity index (χ4v) is 5.37. The molecule has 2 atom stereocenters. The normalized spacial score (nSPS) is 15.3. The van der Waals surface area contributed by atoms with Gasteiger partial charge in [0.15, 0.2) is 16.6 Å². The SMILES string of the molecule is CCCCC/C=C\CC(/[13CH]=[13CH]/C=C/[13CH]=[13CH]\C(CCCC(=O)OC)O[Si](C)(C)C)O[Si](C)(C)C. The van der Waals surface area contributed by atoms with Gasteiger partial charge in [0.2, 0.25) is 0 Å². The molecule has 0 aromatic carbocycles. The van der Waals surface area contributed by atoms with Crippen LogP contribution in [0, 0.1) is 0 Å². The lowest BCUT2D eigenvalue weighted by Crippen LogP contribution is -2.31. The van der Waals surface area contributed by atoms with Crippen LogP contribution >= 0.6 is 0 Å². The number of carbonyl (C=O) groups excluding carboxylic acids is 1. The third-order valence-electron chi connectivity index (χ3n) is 4.60. The summed E-state index contributed by atoms with van der Waals surface area (Å²) in [6.45, 7) is 15.5. The molecule has 0 fully saturated rings. The number of methoxy groups -OCH3 is 1. The van der Waals surface area contributed by atoms with Gasteiger partial charge in [0.1, 0.15) is 0 Å². The summed E-state index contributed by atoms with van der Waals surface area (Å²) in [4.78, 5) is 11.4. The highest BCUT2D eigenvalue weighted by atomic mass is 28.4. The van der Waals surface area contributed by atoms with Crippen LogP contribution in [0.5, 0.6) is 0 Å². The minimum atomic E-state index is -1.67. The number of hydrogen-bond donors (Lipinski definition) is 0. The molecule has 4 nitrogen and oxygen atoms in total. The molecular formula is C27H50O4Si2. The molecule has 2 unspecified atom stereocenters. The van der Waals surface area contributed by atoms with Gasteiger partial charge in [-0.15, -0.1) is 0 Å². The fourth-order valence-electron chi connectivity index (χ4n) is 3.18. The molecular weight excluding hydrogens is 448 g/mol. The van der Waals surface area contributed by atoms with E-state index in [9.17, 15) is 4.79 Å². The Hall–Kier alpha value is -1.22. The summed E-state index contributed by atoms with van der Waals surface area (Å²) in [5, 5.41) is 0. The van der Waals surface area contributed by atoms with E-state index in [0.29, 0.717) is 6.42 Å². The highest BCUT2D eigenvalue weighted by Crippen LogP contribution is 2.15. The zero-order valence-corrected chi connectivity index (χ0v) is 24.6. The lowest BCUT2D eigenvalue weighted by Gasteiger charge is -2.24. The van der Waals surface area contributed by atoms with Gasteiger partial charge >= 0.3 is 5.97 Å². The molecule has 0 rings (SSSR count). The summed E-state index contributed by atoms with van der Waals surface area (Å²) in [6, 6.07) is 0. The predicted octanol–water partition coefficient (Wildman–Crippen LogP) is 7.97. The zero-order valence-electron chi connectivity index (χ0n) is 22.6. The first-order chi connectivity index (χ1) is 15.5. The second-order valence-electron chi connectivity index (χ2n) is 10.4. The molecule has 0 aromatic heterocycles. The highest BCUT2D eigenvalue weighted by molar-refractivity contribution is 6.70. The van der Waals surface area contributed by atoms with Crippen molar-refractivity contribution in [3.63, 3.8) is 0 Å². The molecule has 0 bridgehead atoms. The monoisotopic (exact) mass is 498 g/mol. The molecule has 0 saturated carbocycles. The number of esters is 1. The van der Waals surface area contributed by atoms with Gasteiger partial charge in [-0.3, -0.25) is 4.79 Å². The maximum absolute atomic E-state index is 11.4. The van der Waals surface area contributed by atoms with Crippen molar-refractivity contribution in [1.82, 2.24) is 0 Å². The number of hydrogen-bond acceptors (Lipinski definition) is 4. The largest absolute Gasteiger partial charge is 0.469 e. The Balaban J connectivity index is 4.82. The van der Waals surface area contributed by atoms with Gasteiger partial charge in [-0.25, -0.2) is 0 Å². The fraction of sp³-hybridized carbons (Fsp3) is 0.667. The summed E-state index contributed by atoms with van der Waals surface area (Å²) in [6.07, 6.45) is 25.0. The van der Waals surface area contributed by atoms with Crippen molar-refractivity contribution in [3.05, 3.63) is 48.6 Å². The first-order valence-corrected chi connectivity index (χ1v) is 19.4. The third-order valence-corrected chi connectivity index (χ3v) is 6.62. The van der Waals surface area contributed by atoms with Crippen LogP contribution in [0.1, 0.15) is 58.3 Å². The van der Waals surface area contributed by atoms with Crippen LogP contribution in [0.15, 0.2) is 48.6 Å². The molecule has 0 N–H and O–H groups in total. The number of ether oxygens (including phenoxy) is 1. The molecule has 0 aliphatic carbocycles. The lowest BCUT2D eigenvalue weighted by atomic mass is 10.2. The molecule has 0 heterocycles. The van der Waals surface area contributed by atoms with E-state index in [-0.39, 0.29) is 18.2 Å². The molecule has 0 saturated heterocycles. The van der Waals surface area contributed by atoms with E-state index < -0.39 is 16.6 Å². The van der Waals surface area contributed by atoms with E-state index in [4.69, 9.17) is 13.6 Å². The van der Waals surface area contributed by atoms with Gasteiger partial charge in [-0.1, -0.05) is 68.4 Å². The number of rotatable bonds is 18. The van der Waals surface area contributed by atoms with Crippen molar-refractivity contribution in [2.24, 2.45) is 0 Å². The van der Waals surface area contributed by atoms with Gasteiger partial charge in [0.05, 0.1) is 19.3 Å². The molecule has 0 radical (unpaired) electrons. The molecule has 190 valence electrons. The van der Waals surface area contributed by atoms with Crippen molar-refractivity contribution in [2.75, 3.05) is 7.11 Å². The van der Waals surface area contributed by atoms with Gasteiger partial charge in [0.25, 0.3) is 0 Å². The standard InChI is InChI=1S/C27H50O4Si2/c1-9-10-11-12-13-16-20-25(30-32(3,4)5)21-17-14-15-18-22-26(31-33(6,7)8)23-19-24-27(28)29-2/h13-18,21-22,25-26H,9-12,19-20,23-24H2,1-8H3/b15-14+,16-13-,21-17+,22-18-/i17+1,18+1,21+1,22+1. The van der Waals surface area contributed by atoms with Crippen molar-refractivity contribution >= 4 is 22.6 Å². The molecule has 6 heteroatoms. The first-order valence-electron chi connectivity index (χ1n) is 12.6. The van der Waals surface area contributed by atoms with Gasteiger partial charge in [-0.2, -0.15) is 0 Å². The lowest BCUT2D eigenvalue weighted by molar-refractivity contribution is -0.140. The van der Waals surface area contributed by atoms with E-state index in [1.807, 2.05) is 18.2 Å². The van der Waals surface area contributed by atoms with Crippen LogP contribution in [0.2, 0.25) is 39.3 Å². The minimum Gasteiger partial charge on any atom is -0.469 e. The van der Waals surface area contributed by atoms with E-state index in [1.54, 1.807) is 0 Å². The average molecular weight is 499 g/mol. The first kappa shape index (κ1) is 31.8. The molecule has 0 spiro atoms. The second-order valence-corrected chi connectivity index (χ2v) is 19.3. The Labute approximate surface area is 206 Å². The molecule has 33 heavy (non-hydrogen) atoms. The van der Waals surface area contributed by atoms with Crippen molar-refractivity contribution < 1.29 is 18.4 Å². The van der Waals surface area contributed by atoms with Gasteiger partial charge in [-0.05, 0) is 71.4 Å². The maximum Gasteiger partial charge on any atom is 0.305 e. The quantitative estimate of drug-likeness (QED) is 0.0480. The Morgan fingerprint density at radius 2 is 1.36 bits per heavy atom. The molecule has 0 aliphatic heterocycles. The van der Waals surface area contributed by atoms with Crippen LogP contribution in [0.3, 0.4) is 0 Å². The summed E-state index contributed by atoms with van der Waals surface area (Å²) in [7, 11) is -1.84. The predicted molar refractivity (Wildman–Crippen MR) is 148 cm³/mol. The van der Waals surface area contributed by atoms with E-state index in [0.717, 1.165) is 25.7 Å². The maximum atomic E-state index is 11.4. The van der Waals surface area contributed by atoms with Crippen LogP contribution < -0.4 is 0 Å². The molecule has 0 aliphatic rings. The Morgan fingerprint density at radius 3 is 1.91 bits per heavy atom. The topological polar surface area (TPSA) is 44.8 Å². The number of unbranched alkanes of at least 4 members (excludes halogenated alkanes) is 3. The van der Waals surface area contributed by atoms with E-state index in [1.165, 1.54) is 26.4 Å². The van der Waals surface area contributed by atoms with Gasteiger partial charge in [0, 0.05) is 6.42 Å². The average Bonchev–Trinajstić information content (AvgIpc) is 2.70. The Morgan fingerprint density at radius 1 is 0.788 bits per heavy atom. The third kappa shape index (κ3) is 22.3. The van der Waals surface area contributed by atoms with E-state index in [2.05, 4.69) is 76.6 Å². The number of allylic oxidation sites excluding steroid dienone is 5. The van der Waals surface area contributed by atoms with Crippen molar-refractivity contribution in [1.29, 1.82) is 0 Å². The second kappa shape index (κ2) is 18.2. The Bertz CT molecular complexity index is 625. The summed E-state index contributed by atoms with van der Waals surface area (Å²) >= 11 is 0. The Kier molecular flexibility index (Phi) is 17.5. The number of carbonyl (C=O) groups is 1. The van der Waals surface area contributed by atoms with Crippen molar-refractivity contribution in [3.8, 4) is 0 Å². The summed E-state index contributed by atoms with van der Waals surface area (Å²) in [5.41, 5.74) is 0. The van der Waals surface area contributed by atoms with E-state index >= 15 is 0 Å². The van der Waals surface area contributed by atoms with Gasteiger partial charge < -0.3 is 13.6 Å². The van der Waals surface area contributed by atoms with Crippen LogP contribution in [-0.4, -0.2) is 41.9 Å². The molecule has 0 aromatic rings. The summed E-state index contributed by atoms with van der Waals surface area (Å²) < 4.78 is 17.3. The van der Waals surface area contributed by atoms with Crippen molar-refractivity contribution in [2.45, 2.75) is 110 Å². The van der Waals surface area contributed by atoms with Crippen LogP contribution in [0.4, 0.5) is 0 Å². The highest BCUT2D eigenvalue weighted by Gasteiger charge is 2.20. The smallest absolute Gasteiger partial charge is 0.305 e.